The van der Waals surface area contributed by atoms with Crippen LogP contribution in [-0.2, 0) is 10.0 Å². The largest absolute Gasteiger partial charge is 0.491 e. The monoisotopic (exact) mass is 317 g/mol. The highest BCUT2D eigenvalue weighted by atomic mass is 79.9. The SMILES string of the molecule is CC#CCCOc1ccc(S(N)(=O)=O)cc1Br. The molecule has 6 heteroatoms. The quantitative estimate of drug-likeness (QED) is 0.681. The van der Waals surface area contributed by atoms with Gasteiger partial charge in [0.05, 0.1) is 16.0 Å². The molecule has 0 heterocycles. The third-order valence-corrected chi connectivity index (χ3v) is 3.42. The zero-order chi connectivity index (χ0) is 12.9. The number of hydrogen-bond donors (Lipinski definition) is 1. The highest BCUT2D eigenvalue weighted by molar-refractivity contribution is 9.10. The van der Waals surface area contributed by atoms with Crippen LogP contribution in [0.4, 0.5) is 0 Å². The molecule has 4 nitrogen and oxygen atoms in total. The van der Waals surface area contributed by atoms with E-state index in [9.17, 15) is 8.42 Å². The molecule has 0 saturated heterocycles. The van der Waals surface area contributed by atoms with Gasteiger partial charge in [-0.05, 0) is 41.1 Å². The lowest BCUT2D eigenvalue weighted by Gasteiger charge is -2.07. The third kappa shape index (κ3) is 4.38. The Labute approximate surface area is 109 Å². The molecule has 0 aliphatic heterocycles. The van der Waals surface area contributed by atoms with Crippen LogP contribution in [0.15, 0.2) is 27.6 Å². The number of hydrogen-bond acceptors (Lipinski definition) is 3. The van der Waals surface area contributed by atoms with Crippen LogP contribution in [0, 0.1) is 11.8 Å². The van der Waals surface area contributed by atoms with E-state index >= 15 is 0 Å². The van der Waals surface area contributed by atoms with Gasteiger partial charge in [-0.3, -0.25) is 0 Å². The van der Waals surface area contributed by atoms with Crippen LogP contribution in [0.3, 0.4) is 0 Å². The third-order valence-electron chi connectivity index (χ3n) is 1.89. The Balaban J connectivity index is 2.79. The molecule has 0 bridgehead atoms. The highest BCUT2D eigenvalue weighted by Gasteiger charge is 2.10. The van der Waals surface area contributed by atoms with Gasteiger partial charge in [0.1, 0.15) is 5.75 Å². The van der Waals surface area contributed by atoms with Crippen molar-refractivity contribution in [1.82, 2.24) is 0 Å². The lowest BCUT2D eigenvalue weighted by Crippen LogP contribution is -2.12. The van der Waals surface area contributed by atoms with Crippen LogP contribution in [0.5, 0.6) is 5.75 Å². The molecule has 0 fully saturated rings. The Morgan fingerprint density at radius 3 is 2.71 bits per heavy atom. The Morgan fingerprint density at radius 2 is 2.18 bits per heavy atom. The molecule has 1 aromatic rings. The summed E-state index contributed by atoms with van der Waals surface area (Å²) in [6.07, 6.45) is 0.625. The molecular weight excluding hydrogens is 306 g/mol. The molecule has 0 spiro atoms. The van der Waals surface area contributed by atoms with Gasteiger partial charge in [-0.1, -0.05) is 0 Å². The van der Waals surface area contributed by atoms with E-state index in [1.54, 1.807) is 13.0 Å². The summed E-state index contributed by atoms with van der Waals surface area (Å²) in [5.41, 5.74) is 0. The molecule has 2 N–H and O–H groups in total. The molecule has 1 aromatic carbocycles. The fourth-order valence-corrected chi connectivity index (χ4v) is 2.30. The topological polar surface area (TPSA) is 69.4 Å². The molecule has 0 saturated carbocycles. The van der Waals surface area contributed by atoms with Gasteiger partial charge in [0, 0.05) is 6.42 Å². The molecule has 0 radical (unpaired) electrons. The van der Waals surface area contributed by atoms with Crippen LogP contribution >= 0.6 is 15.9 Å². The second-order valence-electron chi connectivity index (χ2n) is 3.16. The van der Waals surface area contributed by atoms with Gasteiger partial charge in [-0.25, -0.2) is 13.6 Å². The molecule has 0 aromatic heterocycles. The van der Waals surface area contributed by atoms with Crippen LogP contribution in [0.1, 0.15) is 13.3 Å². The van der Waals surface area contributed by atoms with Crippen molar-refractivity contribution in [3.05, 3.63) is 22.7 Å². The number of ether oxygens (including phenoxy) is 1. The first-order valence-corrected chi connectivity index (χ1v) is 7.14. The van der Waals surface area contributed by atoms with Gasteiger partial charge in [0.2, 0.25) is 10.0 Å². The Morgan fingerprint density at radius 1 is 1.47 bits per heavy atom. The fourth-order valence-electron chi connectivity index (χ4n) is 1.11. The van der Waals surface area contributed by atoms with Gasteiger partial charge in [-0.2, -0.15) is 0 Å². The molecular formula is C11H12BrNO3S. The average Bonchev–Trinajstić information content (AvgIpc) is 2.24. The van der Waals surface area contributed by atoms with Crippen molar-refractivity contribution < 1.29 is 13.2 Å². The van der Waals surface area contributed by atoms with E-state index in [0.29, 0.717) is 23.2 Å². The lowest BCUT2D eigenvalue weighted by molar-refractivity contribution is 0.325. The second-order valence-corrected chi connectivity index (χ2v) is 5.58. The number of halogens is 1. The smallest absolute Gasteiger partial charge is 0.238 e. The number of primary sulfonamides is 1. The first-order chi connectivity index (χ1) is 7.95. The lowest BCUT2D eigenvalue weighted by atomic mass is 10.3. The standard InChI is InChI=1S/C11H12BrNO3S/c1-2-3-4-7-16-11-6-5-9(8-10(11)12)17(13,14)15/h5-6,8H,4,7H2,1H3,(H2,13,14,15). The minimum atomic E-state index is -3.68. The summed E-state index contributed by atoms with van der Waals surface area (Å²) in [5.74, 6) is 6.19. The number of benzene rings is 1. The summed E-state index contributed by atoms with van der Waals surface area (Å²) < 4.78 is 28.2. The van der Waals surface area contributed by atoms with E-state index in [2.05, 4.69) is 27.8 Å². The maximum atomic E-state index is 11.1. The zero-order valence-electron chi connectivity index (χ0n) is 9.23. The van der Waals surface area contributed by atoms with E-state index in [4.69, 9.17) is 9.88 Å². The van der Waals surface area contributed by atoms with Crippen molar-refractivity contribution >= 4 is 26.0 Å². The molecule has 0 unspecified atom stereocenters. The zero-order valence-corrected chi connectivity index (χ0v) is 11.6. The number of sulfonamides is 1. The average molecular weight is 318 g/mol. The molecule has 0 aliphatic rings. The van der Waals surface area contributed by atoms with Crippen molar-refractivity contribution in [2.75, 3.05) is 6.61 Å². The van der Waals surface area contributed by atoms with E-state index in [1.165, 1.54) is 12.1 Å². The van der Waals surface area contributed by atoms with Gasteiger partial charge < -0.3 is 4.74 Å². The maximum absolute atomic E-state index is 11.1. The highest BCUT2D eigenvalue weighted by Crippen LogP contribution is 2.27. The van der Waals surface area contributed by atoms with Crippen LogP contribution in [0.25, 0.3) is 0 Å². The molecule has 92 valence electrons. The van der Waals surface area contributed by atoms with E-state index in [0.717, 1.165) is 0 Å². The van der Waals surface area contributed by atoms with Crippen molar-refractivity contribution in [2.45, 2.75) is 18.2 Å². The molecule has 0 amide bonds. The predicted octanol–water partition coefficient (Wildman–Crippen LogP) is 1.89. The fraction of sp³-hybridized carbons (Fsp3) is 0.273. The van der Waals surface area contributed by atoms with Crippen molar-refractivity contribution in [3.63, 3.8) is 0 Å². The molecule has 1 rings (SSSR count). The minimum Gasteiger partial charge on any atom is -0.491 e. The van der Waals surface area contributed by atoms with Gasteiger partial charge in [-0.15, -0.1) is 11.8 Å². The van der Waals surface area contributed by atoms with Gasteiger partial charge >= 0.3 is 0 Å². The number of nitrogens with two attached hydrogens (primary N) is 1. The van der Waals surface area contributed by atoms with E-state index < -0.39 is 10.0 Å². The summed E-state index contributed by atoms with van der Waals surface area (Å²) >= 11 is 3.23. The first-order valence-electron chi connectivity index (χ1n) is 4.80. The molecule has 0 aliphatic carbocycles. The molecule has 0 atom stereocenters. The summed E-state index contributed by atoms with van der Waals surface area (Å²) in [6.45, 7) is 2.21. The summed E-state index contributed by atoms with van der Waals surface area (Å²) in [4.78, 5) is 0.0464. The Bertz CT molecular complexity index is 558. The van der Waals surface area contributed by atoms with E-state index in [-0.39, 0.29) is 4.90 Å². The van der Waals surface area contributed by atoms with Crippen molar-refractivity contribution in [3.8, 4) is 17.6 Å². The minimum absolute atomic E-state index is 0.0464. The Kier molecular flexibility index (Phi) is 5.00. The summed E-state index contributed by atoms with van der Waals surface area (Å²) in [6, 6.07) is 4.38. The second kappa shape index (κ2) is 6.05. The van der Waals surface area contributed by atoms with E-state index in [1.807, 2.05) is 0 Å². The summed E-state index contributed by atoms with van der Waals surface area (Å²) in [5, 5.41) is 5.01. The molecule has 17 heavy (non-hydrogen) atoms. The Hall–Kier alpha value is -1.03. The van der Waals surface area contributed by atoms with Crippen LogP contribution in [0.2, 0.25) is 0 Å². The van der Waals surface area contributed by atoms with Crippen molar-refractivity contribution in [2.24, 2.45) is 5.14 Å². The maximum Gasteiger partial charge on any atom is 0.238 e. The number of rotatable bonds is 4. The summed E-state index contributed by atoms with van der Waals surface area (Å²) in [7, 11) is -3.68. The van der Waals surface area contributed by atoms with Gasteiger partial charge in [0.15, 0.2) is 0 Å². The van der Waals surface area contributed by atoms with Crippen LogP contribution in [-0.4, -0.2) is 15.0 Å². The first kappa shape index (κ1) is 14.0. The van der Waals surface area contributed by atoms with Crippen molar-refractivity contribution in [1.29, 1.82) is 0 Å². The normalized spacial score (nSPS) is 10.5. The van der Waals surface area contributed by atoms with Gasteiger partial charge in [0.25, 0.3) is 0 Å². The predicted molar refractivity (Wildman–Crippen MR) is 69.1 cm³/mol. The van der Waals surface area contributed by atoms with Crippen LogP contribution < -0.4 is 9.88 Å².